The van der Waals surface area contributed by atoms with Crippen LogP contribution in [0.15, 0.2) is 42.5 Å². The largest absolute Gasteiger partial charge is 0.416 e. The molecule has 112 valence electrons. The van der Waals surface area contributed by atoms with Gasteiger partial charge in [0.05, 0.1) is 5.56 Å². The van der Waals surface area contributed by atoms with E-state index < -0.39 is 11.7 Å². The summed E-state index contributed by atoms with van der Waals surface area (Å²) in [7, 11) is 0. The van der Waals surface area contributed by atoms with Gasteiger partial charge in [-0.3, -0.25) is 0 Å². The summed E-state index contributed by atoms with van der Waals surface area (Å²) in [5, 5.41) is 2.99. The van der Waals surface area contributed by atoms with Crippen molar-refractivity contribution >= 4 is 5.69 Å². The molecule has 0 saturated carbocycles. The fourth-order valence-electron chi connectivity index (χ4n) is 2.10. The van der Waals surface area contributed by atoms with Crippen molar-refractivity contribution in [3.8, 4) is 0 Å². The molecule has 1 unspecified atom stereocenters. The van der Waals surface area contributed by atoms with E-state index in [1.54, 1.807) is 25.1 Å². The lowest BCUT2D eigenvalue weighted by atomic mass is 10.1. The highest BCUT2D eigenvalue weighted by Crippen LogP contribution is 2.34. The zero-order valence-electron chi connectivity index (χ0n) is 11.6. The van der Waals surface area contributed by atoms with Gasteiger partial charge in [-0.25, -0.2) is 4.39 Å². The number of anilines is 1. The van der Waals surface area contributed by atoms with E-state index in [4.69, 9.17) is 0 Å². The molecule has 0 aromatic heterocycles. The van der Waals surface area contributed by atoms with Crippen molar-refractivity contribution in [2.45, 2.75) is 26.1 Å². The Bertz CT molecular complexity index is 617. The maximum atomic E-state index is 12.9. The number of nitrogens with one attached hydrogen (secondary N) is 1. The number of rotatable bonds is 3. The standard InChI is InChI=1S/C16H15F4N/c1-10-3-8-14(9-15(10)16(18,19)20)21-11(2)12-4-6-13(17)7-5-12/h3-9,11,21H,1-2H3. The van der Waals surface area contributed by atoms with Crippen molar-refractivity contribution in [3.63, 3.8) is 0 Å². The second-order valence-electron chi connectivity index (χ2n) is 4.95. The average Bonchev–Trinajstić information content (AvgIpc) is 2.40. The molecule has 1 atom stereocenters. The predicted octanol–water partition coefficient (Wildman–Crippen LogP) is 5.33. The molecule has 0 saturated heterocycles. The number of hydrogen-bond donors (Lipinski definition) is 1. The smallest absolute Gasteiger partial charge is 0.379 e. The third-order valence-corrected chi connectivity index (χ3v) is 3.30. The lowest BCUT2D eigenvalue weighted by Crippen LogP contribution is -2.11. The van der Waals surface area contributed by atoms with Crippen LogP contribution < -0.4 is 5.32 Å². The van der Waals surface area contributed by atoms with E-state index >= 15 is 0 Å². The van der Waals surface area contributed by atoms with Gasteiger partial charge in [0.2, 0.25) is 0 Å². The monoisotopic (exact) mass is 297 g/mol. The summed E-state index contributed by atoms with van der Waals surface area (Å²) < 4.78 is 51.5. The fraction of sp³-hybridized carbons (Fsp3) is 0.250. The lowest BCUT2D eigenvalue weighted by molar-refractivity contribution is -0.138. The normalized spacial score (nSPS) is 13.0. The second kappa shape index (κ2) is 5.76. The zero-order valence-corrected chi connectivity index (χ0v) is 11.6. The van der Waals surface area contributed by atoms with Crippen molar-refractivity contribution < 1.29 is 17.6 Å². The maximum absolute atomic E-state index is 12.9. The molecule has 21 heavy (non-hydrogen) atoms. The van der Waals surface area contributed by atoms with Gasteiger partial charge in [0, 0.05) is 11.7 Å². The molecule has 0 fully saturated rings. The van der Waals surface area contributed by atoms with Crippen LogP contribution in [0.2, 0.25) is 0 Å². The molecule has 2 rings (SSSR count). The molecule has 0 aliphatic rings. The van der Waals surface area contributed by atoms with Crippen molar-refractivity contribution in [2.24, 2.45) is 0 Å². The lowest BCUT2D eigenvalue weighted by Gasteiger charge is -2.18. The predicted molar refractivity (Wildman–Crippen MR) is 74.6 cm³/mol. The Hall–Kier alpha value is -2.04. The minimum Gasteiger partial charge on any atom is -0.379 e. The highest BCUT2D eigenvalue weighted by atomic mass is 19.4. The molecular weight excluding hydrogens is 282 g/mol. The molecule has 0 bridgehead atoms. The molecule has 5 heteroatoms. The Morgan fingerprint density at radius 1 is 1.00 bits per heavy atom. The third-order valence-electron chi connectivity index (χ3n) is 3.30. The zero-order chi connectivity index (χ0) is 15.6. The highest BCUT2D eigenvalue weighted by Gasteiger charge is 2.32. The fourth-order valence-corrected chi connectivity index (χ4v) is 2.10. The SMILES string of the molecule is Cc1ccc(NC(C)c2ccc(F)cc2)cc1C(F)(F)F. The number of alkyl halides is 3. The van der Waals surface area contributed by atoms with Crippen LogP contribution in [0.4, 0.5) is 23.2 Å². The average molecular weight is 297 g/mol. The number of halogens is 4. The van der Waals surface area contributed by atoms with Gasteiger partial charge in [-0.15, -0.1) is 0 Å². The Balaban J connectivity index is 2.21. The van der Waals surface area contributed by atoms with Crippen LogP contribution in [-0.2, 0) is 6.18 Å². The summed E-state index contributed by atoms with van der Waals surface area (Å²) in [4.78, 5) is 0. The van der Waals surface area contributed by atoms with Crippen LogP contribution >= 0.6 is 0 Å². The molecule has 2 aromatic rings. The van der Waals surface area contributed by atoms with E-state index in [2.05, 4.69) is 5.32 Å². The van der Waals surface area contributed by atoms with Crippen LogP contribution in [0.3, 0.4) is 0 Å². The van der Waals surface area contributed by atoms with Gasteiger partial charge in [-0.05, 0) is 49.2 Å². The van der Waals surface area contributed by atoms with Gasteiger partial charge in [0.1, 0.15) is 5.82 Å². The molecule has 0 aliphatic carbocycles. The van der Waals surface area contributed by atoms with Gasteiger partial charge in [0.25, 0.3) is 0 Å². The van der Waals surface area contributed by atoms with Gasteiger partial charge in [-0.1, -0.05) is 18.2 Å². The quantitative estimate of drug-likeness (QED) is 0.755. The van der Waals surface area contributed by atoms with Crippen molar-refractivity contribution in [1.82, 2.24) is 0 Å². The first-order valence-corrected chi connectivity index (χ1v) is 6.47. The van der Waals surface area contributed by atoms with E-state index in [1.807, 2.05) is 0 Å². The summed E-state index contributed by atoms with van der Waals surface area (Å²) in [6, 6.07) is 9.75. The van der Waals surface area contributed by atoms with E-state index in [9.17, 15) is 17.6 Å². The molecule has 1 nitrogen and oxygen atoms in total. The minimum atomic E-state index is -4.37. The molecule has 0 spiro atoms. The second-order valence-corrected chi connectivity index (χ2v) is 4.95. The summed E-state index contributed by atoms with van der Waals surface area (Å²) >= 11 is 0. The van der Waals surface area contributed by atoms with E-state index in [0.717, 1.165) is 11.6 Å². The van der Waals surface area contributed by atoms with Crippen LogP contribution in [0.1, 0.15) is 29.7 Å². The maximum Gasteiger partial charge on any atom is 0.416 e. The van der Waals surface area contributed by atoms with Crippen molar-refractivity contribution in [1.29, 1.82) is 0 Å². The summed E-state index contributed by atoms with van der Waals surface area (Å²) in [6.45, 7) is 3.23. The molecule has 0 heterocycles. The molecular formula is C16H15F4N. The molecule has 0 aliphatic heterocycles. The Morgan fingerprint density at radius 3 is 2.19 bits per heavy atom. The van der Waals surface area contributed by atoms with Gasteiger partial charge >= 0.3 is 6.18 Å². The highest BCUT2D eigenvalue weighted by molar-refractivity contribution is 5.50. The summed E-state index contributed by atoms with van der Waals surface area (Å²) in [5.41, 5.74) is 0.705. The van der Waals surface area contributed by atoms with Crippen molar-refractivity contribution in [2.75, 3.05) is 5.32 Å². The first-order valence-electron chi connectivity index (χ1n) is 6.47. The molecule has 2 aromatic carbocycles. The first-order chi connectivity index (χ1) is 9.77. The first kappa shape index (κ1) is 15.4. The number of benzene rings is 2. The molecule has 1 N–H and O–H groups in total. The van der Waals surface area contributed by atoms with Gasteiger partial charge in [0.15, 0.2) is 0 Å². The van der Waals surface area contributed by atoms with Crippen LogP contribution in [0, 0.1) is 12.7 Å². The summed E-state index contributed by atoms with van der Waals surface area (Å²) in [6.07, 6.45) is -4.37. The van der Waals surface area contributed by atoms with Gasteiger partial charge in [-0.2, -0.15) is 13.2 Å². The third kappa shape index (κ3) is 3.74. The number of aryl methyl sites for hydroxylation is 1. The Labute approximate surface area is 120 Å². The Morgan fingerprint density at radius 2 is 1.62 bits per heavy atom. The van der Waals surface area contributed by atoms with E-state index in [1.165, 1.54) is 25.1 Å². The van der Waals surface area contributed by atoms with E-state index in [-0.39, 0.29) is 17.4 Å². The van der Waals surface area contributed by atoms with E-state index in [0.29, 0.717) is 5.69 Å². The molecule has 0 radical (unpaired) electrons. The van der Waals surface area contributed by atoms with Gasteiger partial charge < -0.3 is 5.32 Å². The Kier molecular flexibility index (Phi) is 4.21. The topological polar surface area (TPSA) is 12.0 Å². The summed E-state index contributed by atoms with van der Waals surface area (Å²) in [5.74, 6) is -0.347. The number of hydrogen-bond acceptors (Lipinski definition) is 1. The minimum absolute atomic E-state index is 0.183. The van der Waals surface area contributed by atoms with Crippen LogP contribution in [0.25, 0.3) is 0 Å². The van der Waals surface area contributed by atoms with Crippen LogP contribution in [-0.4, -0.2) is 0 Å². The van der Waals surface area contributed by atoms with Crippen LogP contribution in [0.5, 0.6) is 0 Å². The van der Waals surface area contributed by atoms with Crippen molar-refractivity contribution in [3.05, 3.63) is 65.0 Å². The molecule has 0 amide bonds.